The van der Waals surface area contributed by atoms with Crippen LogP contribution in [-0.4, -0.2) is 10.9 Å². The number of nitriles is 1. The van der Waals surface area contributed by atoms with Crippen molar-refractivity contribution in [1.82, 2.24) is 10.3 Å². The molecule has 0 unspecified atom stereocenters. The Labute approximate surface area is 168 Å². The molecule has 0 saturated heterocycles. The summed E-state index contributed by atoms with van der Waals surface area (Å²) in [6.45, 7) is 0.210. The molecule has 28 heavy (non-hydrogen) atoms. The summed E-state index contributed by atoms with van der Waals surface area (Å²) in [5.41, 5.74) is 0.902. The van der Waals surface area contributed by atoms with Crippen LogP contribution >= 0.6 is 23.1 Å². The van der Waals surface area contributed by atoms with Gasteiger partial charge in [-0.15, -0.1) is 11.3 Å². The number of carbonyl (C=O) groups is 1. The molecule has 0 spiro atoms. The SMILES string of the molecule is N#C/C(=C\c1ccc(Sc2nc3ccccc3s2)o1)C(=O)NCc1ccco1. The molecule has 1 N–H and O–H groups in total. The van der Waals surface area contributed by atoms with E-state index in [4.69, 9.17) is 8.83 Å². The van der Waals surface area contributed by atoms with E-state index < -0.39 is 5.91 Å². The molecular weight excluding hydrogens is 394 g/mol. The van der Waals surface area contributed by atoms with Crippen molar-refractivity contribution >= 4 is 45.3 Å². The van der Waals surface area contributed by atoms with Gasteiger partial charge in [-0.1, -0.05) is 12.1 Å². The van der Waals surface area contributed by atoms with E-state index in [-0.39, 0.29) is 12.1 Å². The third-order valence-electron chi connectivity index (χ3n) is 3.72. The molecule has 8 heteroatoms. The Morgan fingerprint density at radius 1 is 1.25 bits per heavy atom. The van der Waals surface area contributed by atoms with Crippen molar-refractivity contribution < 1.29 is 13.6 Å². The first kappa shape index (κ1) is 18.1. The number of nitrogens with zero attached hydrogens (tertiary/aromatic N) is 2. The highest BCUT2D eigenvalue weighted by molar-refractivity contribution is 8.01. The molecule has 0 aliphatic heterocycles. The number of furan rings is 2. The molecule has 1 aromatic carbocycles. The van der Waals surface area contributed by atoms with Gasteiger partial charge in [0.15, 0.2) is 9.43 Å². The molecule has 0 atom stereocenters. The predicted molar refractivity (Wildman–Crippen MR) is 107 cm³/mol. The molecule has 1 amide bonds. The largest absolute Gasteiger partial charge is 0.467 e. The van der Waals surface area contributed by atoms with Gasteiger partial charge in [0.1, 0.15) is 23.2 Å². The van der Waals surface area contributed by atoms with Crippen LogP contribution in [0.15, 0.2) is 78.6 Å². The summed E-state index contributed by atoms with van der Waals surface area (Å²) in [5, 5.41) is 12.6. The molecule has 3 heterocycles. The lowest BCUT2D eigenvalue weighted by molar-refractivity contribution is -0.117. The van der Waals surface area contributed by atoms with E-state index in [2.05, 4.69) is 10.3 Å². The Morgan fingerprint density at radius 2 is 2.14 bits per heavy atom. The minimum atomic E-state index is -0.490. The number of hydrogen-bond donors (Lipinski definition) is 1. The number of rotatable bonds is 6. The Kier molecular flexibility index (Phi) is 5.28. The lowest BCUT2D eigenvalue weighted by Gasteiger charge is -2.01. The van der Waals surface area contributed by atoms with Crippen molar-refractivity contribution in [3.05, 3.63) is 71.9 Å². The minimum Gasteiger partial charge on any atom is -0.467 e. The van der Waals surface area contributed by atoms with E-state index in [0.717, 1.165) is 14.6 Å². The van der Waals surface area contributed by atoms with E-state index in [0.29, 0.717) is 16.6 Å². The van der Waals surface area contributed by atoms with Gasteiger partial charge in [0.05, 0.1) is 23.0 Å². The first-order chi connectivity index (χ1) is 13.7. The summed E-state index contributed by atoms with van der Waals surface area (Å²) in [4.78, 5) is 16.7. The molecule has 0 radical (unpaired) electrons. The molecule has 3 aromatic heterocycles. The average Bonchev–Trinajstić information content (AvgIpc) is 3.45. The Morgan fingerprint density at radius 3 is 2.93 bits per heavy atom. The van der Waals surface area contributed by atoms with Gasteiger partial charge in [-0.2, -0.15) is 5.26 Å². The molecule has 0 bridgehead atoms. The number of carbonyl (C=O) groups excluding carboxylic acids is 1. The van der Waals surface area contributed by atoms with Crippen LogP contribution in [0.4, 0.5) is 0 Å². The average molecular weight is 407 g/mol. The number of nitrogens with one attached hydrogen (secondary N) is 1. The van der Waals surface area contributed by atoms with E-state index >= 15 is 0 Å². The van der Waals surface area contributed by atoms with Crippen LogP contribution < -0.4 is 5.32 Å². The lowest BCUT2D eigenvalue weighted by Crippen LogP contribution is -2.23. The number of benzene rings is 1. The monoisotopic (exact) mass is 407 g/mol. The first-order valence-electron chi connectivity index (χ1n) is 8.27. The van der Waals surface area contributed by atoms with Gasteiger partial charge in [-0.3, -0.25) is 4.79 Å². The molecule has 4 rings (SSSR count). The summed E-state index contributed by atoms with van der Waals surface area (Å²) in [6, 6.07) is 16.8. The van der Waals surface area contributed by atoms with E-state index in [1.165, 1.54) is 24.1 Å². The zero-order valence-electron chi connectivity index (χ0n) is 14.4. The number of aromatic nitrogens is 1. The smallest absolute Gasteiger partial charge is 0.262 e. The third-order valence-corrected chi connectivity index (χ3v) is 5.74. The van der Waals surface area contributed by atoms with Gasteiger partial charge in [-0.05, 0) is 48.2 Å². The lowest BCUT2D eigenvalue weighted by atomic mass is 10.2. The highest BCUT2D eigenvalue weighted by atomic mass is 32.2. The van der Waals surface area contributed by atoms with Crippen molar-refractivity contribution in [2.75, 3.05) is 0 Å². The normalized spacial score (nSPS) is 11.5. The number of thiazole rings is 1. The van der Waals surface area contributed by atoms with Crippen molar-refractivity contribution in [3.8, 4) is 6.07 Å². The fourth-order valence-corrected chi connectivity index (χ4v) is 4.38. The highest BCUT2D eigenvalue weighted by Crippen LogP contribution is 2.35. The molecule has 6 nitrogen and oxygen atoms in total. The van der Waals surface area contributed by atoms with Crippen LogP contribution in [0.5, 0.6) is 0 Å². The topological polar surface area (TPSA) is 92.1 Å². The van der Waals surface area contributed by atoms with E-state index in [1.807, 2.05) is 30.3 Å². The van der Waals surface area contributed by atoms with Crippen molar-refractivity contribution in [2.24, 2.45) is 0 Å². The zero-order chi connectivity index (χ0) is 19.3. The van der Waals surface area contributed by atoms with E-state index in [9.17, 15) is 10.1 Å². The van der Waals surface area contributed by atoms with Crippen LogP contribution in [0.3, 0.4) is 0 Å². The minimum absolute atomic E-state index is 0.0440. The highest BCUT2D eigenvalue weighted by Gasteiger charge is 2.12. The van der Waals surface area contributed by atoms with Gasteiger partial charge in [0.25, 0.3) is 5.91 Å². The summed E-state index contributed by atoms with van der Waals surface area (Å²) in [5.74, 6) is 0.544. The molecule has 0 fully saturated rings. The predicted octanol–water partition coefficient (Wildman–Crippen LogP) is 4.86. The number of hydrogen-bond acceptors (Lipinski definition) is 7. The van der Waals surface area contributed by atoms with Crippen molar-refractivity contribution in [3.63, 3.8) is 0 Å². The summed E-state index contributed by atoms with van der Waals surface area (Å²) < 4.78 is 12.8. The second kappa shape index (κ2) is 8.17. The van der Waals surface area contributed by atoms with Crippen LogP contribution in [0, 0.1) is 11.3 Å². The Bertz CT molecular complexity index is 1150. The van der Waals surface area contributed by atoms with Gasteiger partial charge in [0.2, 0.25) is 0 Å². The summed E-state index contributed by atoms with van der Waals surface area (Å²) in [6.07, 6.45) is 2.94. The van der Waals surface area contributed by atoms with Crippen molar-refractivity contribution in [1.29, 1.82) is 5.26 Å². The van der Waals surface area contributed by atoms with Gasteiger partial charge < -0.3 is 14.2 Å². The maximum Gasteiger partial charge on any atom is 0.262 e. The zero-order valence-corrected chi connectivity index (χ0v) is 16.0. The Hall–Kier alpha value is -3.28. The van der Waals surface area contributed by atoms with Gasteiger partial charge in [-0.25, -0.2) is 4.98 Å². The third kappa shape index (κ3) is 4.17. The maximum absolute atomic E-state index is 12.2. The fraction of sp³-hybridized carbons (Fsp3) is 0.0500. The molecule has 4 aromatic rings. The molecular formula is C20H13N3O3S2. The van der Waals surface area contributed by atoms with Crippen LogP contribution in [0.25, 0.3) is 16.3 Å². The molecule has 0 aliphatic rings. The quantitative estimate of drug-likeness (QED) is 0.363. The van der Waals surface area contributed by atoms with Crippen LogP contribution in [-0.2, 0) is 11.3 Å². The number of fused-ring (bicyclic) bond motifs is 1. The second-order valence-electron chi connectivity index (χ2n) is 5.64. The van der Waals surface area contributed by atoms with Crippen LogP contribution in [0.1, 0.15) is 11.5 Å². The second-order valence-corrected chi connectivity index (χ2v) is 7.92. The van der Waals surface area contributed by atoms with Gasteiger partial charge >= 0.3 is 0 Å². The van der Waals surface area contributed by atoms with Gasteiger partial charge in [0, 0.05) is 6.08 Å². The summed E-state index contributed by atoms with van der Waals surface area (Å²) in [7, 11) is 0. The standard InChI is InChI=1S/C20H13N3O3S2/c21-11-13(19(24)22-12-15-4-3-9-25-15)10-14-7-8-18(26-14)28-20-23-16-5-1-2-6-17(16)27-20/h1-10H,12H2,(H,22,24)/b13-10+. The molecule has 0 saturated carbocycles. The first-order valence-corrected chi connectivity index (χ1v) is 9.90. The Balaban J connectivity index is 1.44. The summed E-state index contributed by atoms with van der Waals surface area (Å²) >= 11 is 2.98. The van der Waals surface area contributed by atoms with Crippen molar-refractivity contribution in [2.45, 2.75) is 16.0 Å². The number of para-hydroxylation sites is 1. The maximum atomic E-state index is 12.2. The fourth-order valence-electron chi connectivity index (χ4n) is 2.41. The number of amides is 1. The molecule has 138 valence electrons. The van der Waals surface area contributed by atoms with E-state index in [1.54, 1.807) is 35.6 Å². The molecule has 0 aliphatic carbocycles. The van der Waals surface area contributed by atoms with Crippen LogP contribution in [0.2, 0.25) is 0 Å².